The zero-order valence-electron chi connectivity index (χ0n) is 11.7. The Kier molecular flexibility index (Phi) is 5.62. The highest BCUT2D eigenvalue weighted by Crippen LogP contribution is 2.27. The van der Waals surface area contributed by atoms with E-state index in [1.165, 1.54) is 4.90 Å². The molecule has 0 aliphatic heterocycles. The summed E-state index contributed by atoms with van der Waals surface area (Å²) in [7, 11) is 3.26. The lowest BCUT2D eigenvalue weighted by Gasteiger charge is -2.10. The molecule has 0 saturated carbocycles. The van der Waals surface area contributed by atoms with Crippen LogP contribution in [-0.2, 0) is 0 Å². The Balaban J connectivity index is 1.84. The second-order valence-corrected chi connectivity index (χ2v) is 5.23. The molecule has 2 aromatic carbocycles. The van der Waals surface area contributed by atoms with Gasteiger partial charge in [-0.3, -0.25) is 0 Å². The van der Waals surface area contributed by atoms with Gasteiger partial charge in [-0.1, -0.05) is 18.2 Å². The molecule has 0 radical (unpaired) electrons. The molecule has 20 heavy (non-hydrogen) atoms. The number of benzene rings is 2. The minimum Gasteiger partial charge on any atom is -0.496 e. The van der Waals surface area contributed by atoms with Crippen LogP contribution in [-0.4, -0.2) is 26.6 Å². The average molecular weight is 290 g/mol. The van der Waals surface area contributed by atoms with Crippen molar-refractivity contribution in [2.75, 3.05) is 26.6 Å². The fourth-order valence-electron chi connectivity index (χ4n) is 1.70. The summed E-state index contributed by atoms with van der Waals surface area (Å²) >= 11 is 1.77. The van der Waals surface area contributed by atoms with Gasteiger partial charge in [0.2, 0.25) is 0 Å². The molecule has 0 spiro atoms. The third-order valence-electron chi connectivity index (χ3n) is 2.69. The van der Waals surface area contributed by atoms with E-state index in [2.05, 4.69) is 12.1 Å². The molecular weight excluding hydrogens is 272 g/mol. The molecular formula is C16H18O3S. The van der Waals surface area contributed by atoms with Gasteiger partial charge < -0.3 is 14.2 Å². The zero-order valence-corrected chi connectivity index (χ0v) is 12.5. The van der Waals surface area contributed by atoms with E-state index in [0.717, 1.165) is 23.0 Å². The SMILES string of the molecule is COc1cc(OC)cc(OCCSc2ccccc2)c1. The molecule has 0 heterocycles. The van der Waals surface area contributed by atoms with E-state index in [0.29, 0.717) is 6.61 Å². The summed E-state index contributed by atoms with van der Waals surface area (Å²) < 4.78 is 16.1. The van der Waals surface area contributed by atoms with Crippen LogP contribution < -0.4 is 14.2 Å². The highest BCUT2D eigenvalue weighted by atomic mass is 32.2. The third-order valence-corrected chi connectivity index (χ3v) is 3.67. The van der Waals surface area contributed by atoms with Gasteiger partial charge in [-0.25, -0.2) is 0 Å². The van der Waals surface area contributed by atoms with E-state index in [9.17, 15) is 0 Å². The second-order valence-electron chi connectivity index (χ2n) is 4.06. The normalized spacial score (nSPS) is 10.1. The van der Waals surface area contributed by atoms with Gasteiger partial charge in [-0.05, 0) is 12.1 Å². The van der Waals surface area contributed by atoms with Gasteiger partial charge in [0.25, 0.3) is 0 Å². The minimum atomic E-state index is 0.635. The van der Waals surface area contributed by atoms with Crippen molar-refractivity contribution in [1.29, 1.82) is 0 Å². The first kappa shape index (κ1) is 14.6. The molecule has 0 saturated heterocycles. The van der Waals surface area contributed by atoms with Crippen LogP contribution in [0.15, 0.2) is 53.4 Å². The van der Waals surface area contributed by atoms with Crippen LogP contribution in [0.2, 0.25) is 0 Å². The molecule has 0 aromatic heterocycles. The second kappa shape index (κ2) is 7.70. The monoisotopic (exact) mass is 290 g/mol. The number of hydrogen-bond donors (Lipinski definition) is 0. The first-order chi connectivity index (χ1) is 9.81. The van der Waals surface area contributed by atoms with Gasteiger partial charge >= 0.3 is 0 Å². The van der Waals surface area contributed by atoms with E-state index in [1.54, 1.807) is 26.0 Å². The van der Waals surface area contributed by atoms with Crippen molar-refractivity contribution in [2.24, 2.45) is 0 Å². The Morgan fingerprint density at radius 3 is 2.05 bits per heavy atom. The van der Waals surface area contributed by atoms with Crippen molar-refractivity contribution in [3.63, 3.8) is 0 Å². The molecule has 0 aliphatic rings. The third kappa shape index (κ3) is 4.38. The van der Waals surface area contributed by atoms with Crippen LogP contribution in [0.5, 0.6) is 17.2 Å². The van der Waals surface area contributed by atoms with Gasteiger partial charge in [0.15, 0.2) is 0 Å². The maximum atomic E-state index is 5.73. The van der Waals surface area contributed by atoms with Crippen LogP contribution in [0.4, 0.5) is 0 Å². The van der Waals surface area contributed by atoms with Gasteiger partial charge in [-0.15, -0.1) is 11.8 Å². The number of ether oxygens (including phenoxy) is 3. The summed E-state index contributed by atoms with van der Waals surface area (Å²) in [6.45, 7) is 0.635. The summed E-state index contributed by atoms with van der Waals surface area (Å²) in [5.74, 6) is 3.11. The lowest BCUT2D eigenvalue weighted by atomic mass is 10.3. The Hall–Kier alpha value is -1.81. The molecule has 0 atom stereocenters. The minimum absolute atomic E-state index is 0.635. The highest BCUT2D eigenvalue weighted by molar-refractivity contribution is 7.99. The number of rotatable bonds is 7. The van der Waals surface area contributed by atoms with E-state index in [1.807, 2.05) is 36.4 Å². The summed E-state index contributed by atoms with van der Waals surface area (Å²) in [4.78, 5) is 1.25. The quantitative estimate of drug-likeness (QED) is 0.571. The van der Waals surface area contributed by atoms with E-state index in [4.69, 9.17) is 14.2 Å². The Morgan fingerprint density at radius 2 is 1.45 bits per heavy atom. The molecule has 0 N–H and O–H groups in total. The Morgan fingerprint density at radius 1 is 0.850 bits per heavy atom. The van der Waals surface area contributed by atoms with Crippen LogP contribution in [0.1, 0.15) is 0 Å². The molecule has 106 valence electrons. The van der Waals surface area contributed by atoms with Crippen LogP contribution in [0, 0.1) is 0 Å². The summed E-state index contributed by atoms with van der Waals surface area (Å²) in [6, 6.07) is 15.8. The molecule has 0 bridgehead atoms. The number of thioether (sulfide) groups is 1. The molecule has 2 rings (SSSR count). The largest absolute Gasteiger partial charge is 0.496 e. The standard InChI is InChI=1S/C16H18O3S/c1-17-13-10-14(18-2)12-15(11-13)19-8-9-20-16-6-4-3-5-7-16/h3-7,10-12H,8-9H2,1-2H3. The predicted octanol–water partition coefficient (Wildman–Crippen LogP) is 3.87. The smallest absolute Gasteiger partial charge is 0.126 e. The molecule has 4 heteroatoms. The maximum absolute atomic E-state index is 5.73. The Bertz CT molecular complexity index is 506. The van der Waals surface area contributed by atoms with Crippen molar-refractivity contribution in [3.8, 4) is 17.2 Å². The predicted molar refractivity (Wildman–Crippen MR) is 82.2 cm³/mol. The molecule has 0 fully saturated rings. The fourth-order valence-corrected chi connectivity index (χ4v) is 2.45. The van der Waals surface area contributed by atoms with Crippen LogP contribution >= 0.6 is 11.8 Å². The summed E-state index contributed by atoms with van der Waals surface area (Å²) in [6.07, 6.45) is 0. The van der Waals surface area contributed by atoms with Crippen molar-refractivity contribution >= 4 is 11.8 Å². The fraction of sp³-hybridized carbons (Fsp3) is 0.250. The molecule has 3 nitrogen and oxygen atoms in total. The van der Waals surface area contributed by atoms with E-state index < -0.39 is 0 Å². The van der Waals surface area contributed by atoms with Crippen molar-refractivity contribution in [2.45, 2.75) is 4.90 Å². The van der Waals surface area contributed by atoms with E-state index >= 15 is 0 Å². The molecule has 0 unspecified atom stereocenters. The molecule has 0 amide bonds. The molecule has 2 aromatic rings. The van der Waals surface area contributed by atoms with Crippen LogP contribution in [0.3, 0.4) is 0 Å². The van der Waals surface area contributed by atoms with Gasteiger partial charge in [-0.2, -0.15) is 0 Å². The van der Waals surface area contributed by atoms with Crippen molar-refractivity contribution < 1.29 is 14.2 Å². The topological polar surface area (TPSA) is 27.7 Å². The maximum Gasteiger partial charge on any atom is 0.126 e. The van der Waals surface area contributed by atoms with Crippen molar-refractivity contribution in [1.82, 2.24) is 0 Å². The first-order valence-corrected chi connectivity index (χ1v) is 7.34. The summed E-state index contributed by atoms with van der Waals surface area (Å²) in [5.41, 5.74) is 0. The van der Waals surface area contributed by atoms with Crippen LogP contribution in [0.25, 0.3) is 0 Å². The lowest BCUT2D eigenvalue weighted by molar-refractivity contribution is 0.334. The summed E-state index contributed by atoms with van der Waals surface area (Å²) in [5, 5.41) is 0. The first-order valence-electron chi connectivity index (χ1n) is 6.35. The number of methoxy groups -OCH3 is 2. The van der Waals surface area contributed by atoms with Gasteiger partial charge in [0, 0.05) is 28.8 Å². The Labute approximate surface area is 123 Å². The average Bonchev–Trinajstić information content (AvgIpc) is 2.52. The highest BCUT2D eigenvalue weighted by Gasteiger charge is 2.03. The lowest BCUT2D eigenvalue weighted by Crippen LogP contribution is -2.00. The number of hydrogen-bond acceptors (Lipinski definition) is 4. The van der Waals surface area contributed by atoms with Crippen molar-refractivity contribution in [3.05, 3.63) is 48.5 Å². The van der Waals surface area contributed by atoms with Gasteiger partial charge in [0.1, 0.15) is 17.2 Å². The zero-order chi connectivity index (χ0) is 14.2. The van der Waals surface area contributed by atoms with Gasteiger partial charge in [0.05, 0.1) is 20.8 Å². The molecule has 0 aliphatic carbocycles. The van der Waals surface area contributed by atoms with E-state index in [-0.39, 0.29) is 0 Å².